The highest BCUT2D eigenvalue weighted by atomic mass is 35.5. The third kappa shape index (κ3) is 5.36. The summed E-state index contributed by atoms with van der Waals surface area (Å²) in [7, 11) is 0. The van der Waals surface area contributed by atoms with E-state index in [0.29, 0.717) is 27.7 Å². The second kappa shape index (κ2) is 9.64. The van der Waals surface area contributed by atoms with Crippen LogP contribution in [0.2, 0.25) is 5.02 Å². The van der Waals surface area contributed by atoms with Crippen LogP contribution >= 0.6 is 11.6 Å². The molecule has 0 bridgehead atoms. The summed E-state index contributed by atoms with van der Waals surface area (Å²) in [5.41, 5.74) is 2.61. The molecule has 1 amide bonds. The number of hydrogen-bond donors (Lipinski definition) is 2. The van der Waals surface area contributed by atoms with Crippen LogP contribution in [0, 0.1) is 6.92 Å². The number of carbonyl (C=O) groups is 1. The molecule has 0 unspecified atom stereocenters. The highest BCUT2D eigenvalue weighted by molar-refractivity contribution is 6.30. The van der Waals surface area contributed by atoms with Gasteiger partial charge in [-0.25, -0.2) is 0 Å². The first-order valence-corrected chi connectivity index (χ1v) is 11.6. The summed E-state index contributed by atoms with van der Waals surface area (Å²) in [6, 6.07) is 21.6. The van der Waals surface area contributed by atoms with Crippen molar-refractivity contribution in [2.24, 2.45) is 0 Å². The molecule has 1 aromatic heterocycles. The molecular weight excluding hydrogens is 464 g/mol. The molecule has 3 aromatic carbocycles. The second-order valence-electron chi connectivity index (χ2n) is 8.45. The van der Waals surface area contributed by atoms with Crippen molar-refractivity contribution in [2.45, 2.75) is 25.8 Å². The Kier molecular flexibility index (Phi) is 6.25. The molecule has 35 heavy (non-hydrogen) atoms. The van der Waals surface area contributed by atoms with Crippen molar-refractivity contribution in [3.05, 3.63) is 105 Å². The Balaban J connectivity index is 1.49. The fourth-order valence-electron chi connectivity index (χ4n) is 3.55. The minimum Gasteiger partial charge on any atom is -0.453 e. The lowest BCUT2D eigenvalue weighted by Gasteiger charge is -2.15. The predicted molar refractivity (Wildman–Crippen MR) is 136 cm³/mol. The zero-order valence-corrected chi connectivity index (χ0v) is 19.8. The largest absolute Gasteiger partial charge is 0.453 e. The van der Waals surface area contributed by atoms with Gasteiger partial charge in [-0.15, -0.1) is 0 Å². The number of halogens is 1. The average Bonchev–Trinajstić information content (AvgIpc) is 3.67. The van der Waals surface area contributed by atoms with Gasteiger partial charge >= 0.3 is 0 Å². The quantitative estimate of drug-likeness (QED) is 0.354. The van der Waals surface area contributed by atoms with Gasteiger partial charge in [0.05, 0.1) is 11.9 Å². The smallest absolute Gasteiger partial charge is 0.299 e. The fraction of sp³-hybridized carbons (Fsp3) is 0.148. The summed E-state index contributed by atoms with van der Waals surface area (Å²) in [4.78, 5) is 25.8. The molecule has 1 aliphatic carbocycles. The lowest BCUT2D eigenvalue weighted by Crippen LogP contribution is -2.25. The summed E-state index contributed by atoms with van der Waals surface area (Å²) in [5, 5.41) is 11.0. The summed E-state index contributed by atoms with van der Waals surface area (Å²) in [5.74, 6) is 0.767. The van der Waals surface area contributed by atoms with Crippen molar-refractivity contribution in [1.29, 1.82) is 0 Å². The van der Waals surface area contributed by atoms with Gasteiger partial charge in [-0.05, 0) is 86.0 Å². The van der Waals surface area contributed by atoms with E-state index >= 15 is 0 Å². The van der Waals surface area contributed by atoms with Crippen molar-refractivity contribution in [3.8, 4) is 17.2 Å². The van der Waals surface area contributed by atoms with E-state index in [-0.39, 0.29) is 23.4 Å². The number of aromatic nitrogens is 2. The number of benzene rings is 3. The van der Waals surface area contributed by atoms with Crippen LogP contribution in [0.25, 0.3) is 5.69 Å². The normalized spacial score (nSPS) is 12.7. The molecule has 0 radical (unpaired) electrons. The standard InChI is InChI=1S/C27H23ClN4O3/c1-17-3-2-4-23(15-17)35-24-16-29-32(22-13-7-19(28)8-14-22)27(34)25(24)30-20-9-5-18(6-10-20)26(33)31-21-11-12-21/h2-10,13-16,21,30H,11-12H2,1H3,(H,31,33). The lowest BCUT2D eigenvalue weighted by atomic mass is 10.2. The molecule has 0 atom stereocenters. The topological polar surface area (TPSA) is 85.2 Å². The van der Waals surface area contributed by atoms with Gasteiger partial charge in [-0.1, -0.05) is 23.7 Å². The summed E-state index contributed by atoms with van der Waals surface area (Å²) >= 11 is 6.00. The third-order valence-electron chi connectivity index (χ3n) is 5.56. The maximum Gasteiger partial charge on any atom is 0.299 e. The van der Waals surface area contributed by atoms with Crippen LogP contribution in [-0.2, 0) is 0 Å². The first kappa shape index (κ1) is 22.7. The van der Waals surface area contributed by atoms with Crippen molar-refractivity contribution in [3.63, 3.8) is 0 Å². The fourth-order valence-corrected chi connectivity index (χ4v) is 3.67. The monoisotopic (exact) mass is 486 g/mol. The van der Waals surface area contributed by atoms with E-state index in [1.54, 1.807) is 48.5 Å². The zero-order chi connectivity index (χ0) is 24.4. The zero-order valence-electron chi connectivity index (χ0n) is 19.0. The van der Waals surface area contributed by atoms with E-state index in [0.717, 1.165) is 18.4 Å². The number of ether oxygens (including phenoxy) is 1. The van der Waals surface area contributed by atoms with E-state index in [9.17, 15) is 9.59 Å². The van der Waals surface area contributed by atoms with Crippen LogP contribution in [0.3, 0.4) is 0 Å². The second-order valence-corrected chi connectivity index (χ2v) is 8.88. The van der Waals surface area contributed by atoms with Gasteiger partial charge in [0.1, 0.15) is 5.75 Å². The third-order valence-corrected chi connectivity index (χ3v) is 5.81. The Morgan fingerprint density at radius 3 is 2.49 bits per heavy atom. The molecule has 1 heterocycles. The number of nitrogens with zero attached hydrogens (tertiary/aromatic N) is 2. The van der Waals surface area contributed by atoms with E-state index in [1.807, 2.05) is 31.2 Å². The molecule has 0 spiro atoms. The van der Waals surface area contributed by atoms with Crippen molar-refractivity contribution in [2.75, 3.05) is 5.32 Å². The average molecular weight is 487 g/mol. The van der Waals surface area contributed by atoms with Crippen molar-refractivity contribution in [1.82, 2.24) is 15.1 Å². The molecule has 2 N–H and O–H groups in total. The van der Waals surface area contributed by atoms with E-state index in [2.05, 4.69) is 15.7 Å². The SMILES string of the molecule is Cc1cccc(Oc2cnn(-c3ccc(Cl)cc3)c(=O)c2Nc2ccc(C(=O)NC3CC3)cc2)c1. The number of amides is 1. The molecule has 176 valence electrons. The first-order chi connectivity index (χ1) is 17.0. The summed E-state index contributed by atoms with van der Waals surface area (Å²) in [6.45, 7) is 1.96. The predicted octanol–water partition coefficient (Wildman–Crippen LogP) is 5.62. The lowest BCUT2D eigenvalue weighted by molar-refractivity contribution is 0.0951. The summed E-state index contributed by atoms with van der Waals surface area (Å²) in [6.07, 6.45) is 3.55. The maximum atomic E-state index is 13.5. The first-order valence-electron chi connectivity index (χ1n) is 11.3. The minimum atomic E-state index is -0.395. The van der Waals surface area contributed by atoms with Crippen LogP contribution in [0.5, 0.6) is 11.5 Å². The molecule has 1 saturated carbocycles. The van der Waals surface area contributed by atoms with E-state index in [4.69, 9.17) is 16.3 Å². The molecule has 0 saturated heterocycles. The van der Waals surface area contributed by atoms with E-state index < -0.39 is 5.56 Å². The van der Waals surface area contributed by atoms with Gasteiger partial charge in [-0.3, -0.25) is 9.59 Å². The van der Waals surface area contributed by atoms with Gasteiger partial charge in [0.25, 0.3) is 11.5 Å². The highest BCUT2D eigenvalue weighted by Gasteiger charge is 2.23. The van der Waals surface area contributed by atoms with Gasteiger partial charge in [0.2, 0.25) is 0 Å². The molecule has 4 aromatic rings. The van der Waals surface area contributed by atoms with Crippen LogP contribution in [-0.4, -0.2) is 21.7 Å². The summed E-state index contributed by atoms with van der Waals surface area (Å²) < 4.78 is 7.32. The van der Waals surface area contributed by atoms with Crippen LogP contribution in [0.4, 0.5) is 11.4 Å². The van der Waals surface area contributed by atoms with Crippen LogP contribution < -0.4 is 20.9 Å². The molecule has 0 aliphatic heterocycles. The highest BCUT2D eigenvalue weighted by Crippen LogP contribution is 2.29. The number of nitrogens with one attached hydrogen (secondary N) is 2. The van der Waals surface area contributed by atoms with Gasteiger partial charge in [0, 0.05) is 22.3 Å². The Bertz CT molecular complexity index is 1430. The van der Waals surface area contributed by atoms with Gasteiger partial charge < -0.3 is 15.4 Å². The number of rotatable bonds is 7. The van der Waals surface area contributed by atoms with Crippen molar-refractivity contribution >= 4 is 28.9 Å². The molecule has 5 rings (SSSR count). The van der Waals surface area contributed by atoms with Gasteiger partial charge in [-0.2, -0.15) is 9.78 Å². The van der Waals surface area contributed by atoms with E-state index in [1.165, 1.54) is 10.9 Å². The Labute approximate surface area is 207 Å². The maximum absolute atomic E-state index is 13.5. The molecule has 1 aliphatic rings. The van der Waals surface area contributed by atoms with Gasteiger partial charge in [0.15, 0.2) is 11.4 Å². The number of carbonyl (C=O) groups excluding carboxylic acids is 1. The Hall–Kier alpha value is -4.10. The minimum absolute atomic E-state index is 0.100. The number of anilines is 2. The number of hydrogen-bond acceptors (Lipinski definition) is 5. The molecule has 7 nitrogen and oxygen atoms in total. The van der Waals surface area contributed by atoms with Crippen LogP contribution in [0.15, 0.2) is 83.8 Å². The van der Waals surface area contributed by atoms with Crippen LogP contribution in [0.1, 0.15) is 28.8 Å². The van der Waals surface area contributed by atoms with Crippen molar-refractivity contribution < 1.29 is 9.53 Å². The Morgan fingerprint density at radius 1 is 1.06 bits per heavy atom. The molecule has 1 fully saturated rings. The molecular formula is C27H23ClN4O3. The Morgan fingerprint density at radius 2 is 1.80 bits per heavy atom. The number of aryl methyl sites for hydroxylation is 1. The molecule has 8 heteroatoms.